The van der Waals surface area contributed by atoms with Crippen molar-refractivity contribution in [3.63, 3.8) is 0 Å². The maximum Gasteiger partial charge on any atom is 0.411 e. The van der Waals surface area contributed by atoms with E-state index < -0.39 is 6.09 Å². The number of anilines is 1. The summed E-state index contributed by atoms with van der Waals surface area (Å²) < 4.78 is 5.79. The van der Waals surface area contributed by atoms with Crippen molar-refractivity contribution in [2.75, 3.05) is 51.6 Å². The van der Waals surface area contributed by atoms with Crippen LogP contribution in [0.5, 0.6) is 0 Å². The molecule has 0 unspecified atom stereocenters. The molecule has 0 aliphatic carbocycles. The van der Waals surface area contributed by atoms with Crippen LogP contribution in [-0.2, 0) is 22.6 Å². The van der Waals surface area contributed by atoms with Crippen LogP contribution in [0.25, 0.3) is 11.1 Å². The van der Waals surface area contributed by atoms with Crippen molar-refractivity contribution in [1.29, 1.82) is 0 Å². The monoisotopic (exact) mass is 687 g/mol. The van der Waals surface area contributed by atoms with Gasteiger partial charge in [-0.2, -0.15) is 0 Å². The molecule has 2 N–H and O–H groups in total. The molecule has 9 heteroatoms. The zero-order valence-corrected chi connectivity index (χ0v) is 29.5. The van der Waals surface area contributed by atoms with Crippen molar-refractivity contribution < 1.29 is 19.1 Å². The molecule has 2 aliphatic heterocycles. The molecule has 6 rings (SSSR count). The summed E-state index contributed by atoms with van der Waals surface area (Å²) in [6.07, 6.45) is 2.65. The van der Waals surface area contributed by atoms with Gasteiger partial charge in [0.25, 0.3) is 5.91 Å². The molecule has 3 amide bonds. The van der Waals surface area contributed by atoms with Crippen LogP contribution in [0.2, 0.25) is 0 Å². The Morgan fingerprint density at radius 1 is 0.725 bits per heavy atom. The van der Waals surface area contributed by atoms with Gasteiger partial charge in [-0.25, -0.2) is 4.79 Å². The van der Waals surface area contributed by atoms with E-state index in [0.29, 0.717) is 18.7 Å². The Labute approximate surface area is 301 Å². The van der Waals surface area contributed by atoms with Gasteiger partial charge in [-0.3, -0.25) is 19.8 Å². The molecule has 0 radical (unpaired) electrons. The van der Waals surface area contributed by atoms with Crippen molar-refractivity contribution in [3.05, 3.63) is 126 Å². The molecule has 2 saturated heterocycles. The first-order valence-electron chi connectivity index (χ1n) is 18.1. The molecular weight excluding hydrogens is 638 g/mol. The summed E-state index contributed by atoms with van der Waals surface area (Å²) in [6.45, 7) is 6.16. The van der Waals surface area contributed by atoms with Gasteiger partial charge in [-0.1, -0.05) is 91.0 Å². The highest BCUT2D eigenvalue weighted by atomic mass is 16.6. The number of hydrogen-bond donors (Lipinski definition) is 2. The van der Waals surface area contributed by atoms with Crippen LogP contribution >= 0.6 is 0 Å². The maximum atomic E-state index is 13.2. The van der Waals surface area contributed by atoms with E-state index >= 15 is 0 Å². The molecule has 2 heterocycles. The molecule has 9 nitrogen and oxygen atoms in total. The third-order valence-electron chi connectivity index (χ3n) is 10.0. The fourth-order valence-corrected chi connectivity index (χ4v) is 6.91. The lowest BCUT2D eigenvalue weighted by Gasteiger charge is -2.32. The van der Waals surface area contributed by atoms with E-state index in [4.69, 9.17) is 4.74 Å². The lowest BCUT2D eigenvalue weighted by molar-refractivity contribution is -0.126. The van der Waals surface area contributed by atoms with Crippen LogP contribution in [0.4, 0.5) is 10.5 Å². The minimum atomic E-state index is -0.433. The highest BCUT2D eigenvalue weighted by Crippen LogP contribution is 2.28. The normalized spacial score (nSPS) is 15.9. The number of likely N-dealkylation sites (tertiary alicyclic amines) is 2. The van der Waals surface area contributed by atoms with Crippen LogP contribution in [-0.4, -0.2) is 85.0 Å². The summed E-state index contributed by atoms with van der Waals surface area (Å²) in [5, 5.41) is 6.03. The minimum Gasteiger partial charge on any atom is -0.446 e. The van der Waals surface area contributed by atoms with E-state index in [1.807, 2.05) is 116 Å². The molecule has 0 bridgehead atoms. The largest absolute Gasteiger partial charge is 0.446 e. The van der Waals surface area contributed by atoms with Crippen molar-refractivity contribution in [1.82, 2.24) is 20.0 Å². The zero-order valence-electron chi connectivity index (χ0n) is 29.5. The van der Waals surface area contributed by atoms with Crippen LogP contribution in [0.3, 0.4) is 0 Å². The van der Waals surface area contributed by atoms with Crippen LogP contribution in [0, 0.1) is 5.92 Å². The second-order valence-corrected chi connectivity index (χ2v) is 13.7. The predicted octanol–water partition coefficient (Wildman–Crippen LogP) is 6.67. The summed E-state index contributed by atoms with van der Waals surface area (Å²) in [5.74, 6) is 0.209. The molecule has 0 aromatic heterocycles. The van der Waals surface area contributed by atoms with Gasteiger partial charge < -0.3 is 19.9 Å². The molecule has 51 heavy (non-hydrogen) atoms. The molecular formula is C42H49N5O4. The molecule has 0 spiro atoms. The maximum absolute atomic E-state index is 13.2. The molecule has 2 fully saturated rings. The summed E-state index contributed by atoms with van der Waals surface area (Å²) in [6, 6.07) is 35.7. The first-order valence-corrected chi connectivity index (χ1v) is 18.1. The quantitative estimate of drug-likeness (QED) is 0.173. The minimum absolute atomic E-state index is 0.00885. The Hall–Kier alpha value is -4.99. The highest BCUT2D eigenvalue weighted by molar-refractivity contribution is 5.94. The number of para-hydroxylation sites is 1. The summed E-state index contributed by atoms with van der Waals surface area (Å²) in [7, 11) is 1.85. The summed E-state index contributed by atoms with van der Waals surface area (Å²) >= 11 is 0. The van der Waals surface area contributed by atoms with Crippen molar-refractivity contribution in [2.45, 2.75) is 44.9 Å². The molecule has 266 valence electrons. The van der Waals surface area contributed by atoms with Gasteiger partial charge in [0.05, 0.1) is 5.69 Å². The summed E-state index contributed by atoms with van der Waals surface area (Å²) in [4.78, 5) is 45.1. The molecule has 0 atom stereocenters. The fraction of sp³-hybridized carbons (Fsp3) is 0.357. The Morgan fingerprint density at radius 3 is 2.06 bits per heavy atom. The third kappa shape index (κ3) is 10.3. The van der Waals surface area contributed by atoms with Gasteiger partial charge in [0.15, 0.2) is 0 Å². The smallest absolute Gasteiger partial charge is 0.411 e. The van der Waals surface area contributed by atoms with E-state index in [1.54, 1.807) is 4.90 Å². The number of nitrogens with zero attached hydrogens (tertiary/aromatic N) is 3. The van der Waals surface area contributed by atoms with Gasteiger partial charge in [0.2, 0.25) is 5.91 Å². The average Bonchev–Trinajstić information content (AvgIpc) is 3.18. The topological polar surface area (TPSA) is 94.2 Å². The van der Waals surface area contributed by atoms with E-state index in [0.717, 1.165) is 87.3 Å². The Balaban J connectivity index is 0.871. The number of amides is 3. The van der Waals surface area contributed by atoms with Gasteiger partial charge in [-0.15, -0.1) is 0 Å². The SMILES string of the molecule is CN(CCN1CCC(OC(=O)Nc2ccccc2-c2ccccc2)CC1)C(=O)c1ccc(CN2CCC(C(=O)NCc3ccccc3)CC2)cc1. The lowest BCUT2D eigenvalue weighted by Crippen LogP contribution is -2.42. The molecule has 4 aromatic carbocycles. The number of carbonyl (C=O) groups excluding carboxylic acids is 3. The van der Waals surface area contributed by atoms with E-state index in [-0.39, 0.29) is 23.8 Å². The van der Waals surface area contributed by atoms with E-state index in [9.17, 15) is 14.4 Å². The number of benzene rings is 4. The van der Waals surface area contributed by atoms with Crippen LogP contribution < -0.4 is 10.6 Å². The molecule has 4 aromatic rings. The number of rotatable bonds is 12. The first-order chi connectivity index (χ1) is 24.9. The fourth-order valence-electron chi connectivity index (χ4n) is 6.91. The standard InChI is InChI=1S/C42H49N5O4/c1-45(28-29-46-26-22-37(23-27-46)51-42(50)44-39-15-9-8-14-38(39)34-12-6-3-7-13-34)41(49)36-18-16-33(17-19-36)31-47-24-20-35(21-25-47)40(48)43-30-32-10-4-2-5-11-32/h2-19,35,37H,20-31H2,1H3,(H,43,48)(H,44,50). The Morgan fingerprint density at radius 2 is 1.35 bits per heavy atom. The van der Waals surface area contributed by atoms with Crippen LogP contribution in [0.1, 0.15) is 47.2 Å². The van der Waals surface area contributed by atoms with Crippen molar-refractivity contribution in [2.24, 2.45) is 5.92 Å². The Bertz CT molecular complexity index is 1720. The van der Waals surface area contributed by atoms with Gasteiger partial charge in [0.1, 0.15) is 6.10 Å². The number of hydrogen-bond acceptors (Lipinski definition) is 6. The number of carbonyl (C=O) groups is 3. The van der Waals surface area contributed by atoms with Crippen molar-refractivity contribution in [3.8, 4) is 11.1 Å². The van der Waals surface area contributed by atoms with Gasteiger partial charge in [0, 0.05) is 63.4 Å². The molecule has 0 saturated carbocycles. The Kier molecular flexibility index (Phi) is 12.5. The average molecular weight is 688 g/mol. The predicted molar refractivity (Wildman–Crippen MR) is 201 cm³/mol. The second kappa shape index (κ2) is 17.8. The van der Waals surface area contributed by atoms with Gasteiger partial charge >= 0.3 is 6.09 Å². The van der Waals surface area contributed by atoms with Crippen molar-refractivity contribution >= 4 is 23.6 Å². The first kappa shape index (κ1) is 35.8. The van der Waals surface area contributed by atoms with E-state index in [1.165, 1.54) is 5.56 Å². The number of likely N-dealkylation sites (N-methyl/N-ethyl adjacent to an activating group) is 1. The summed E-state index contributed by atoms with van der Waals surface area (Å²) in [5.41, 5.74) is 5.68. The highest BCUT2D eigenvalue weighted by Gasteiger charge is 2.26. The molecule has 2 aliphatic rings. The van der Waals surface area contributed by atoms with Gasteiger partial charge in [-0.05, 0) is 73.7 Å². The van der Waals surface area contributed by atoms with Crippen LogP contribution in [0.15, 0.2) is 109 Å². The zero-order chi connectivity index (χ0) is 35.4. The lowest BCUT2D eigenvalue weighted by atomic mass is 9.95. The third-order valence-corrected chi connectivity index (χ3v) is 10.0. The number of nitrogens with one attached hydrogen (secondary N) is 2. The van der Waals surface area contributed by atoms with E-state index in [2.05, 4.69) is 20.4 Å². The number of ether oxygens (including phenoxy) is 1. The number of piperidine rings is 2. The second-order valence-electron chi connectivity index (χ2n) is 13.7.